The van der Waals surface area contributed by atoms with Gasteiger partial charge in [0.25, 0.3) is 0 Å². The molecule has 1 heterocycles. The molecule has 74 valence electrons. The van der Waals surface area contributed by atoms with Crippen molar-refractivity contribution in [2.45, 2.75) is 6.92 Å². The molecule has 0 amide bonds. The first-order valence-electron chi connectivity index (χ1n) is 4.83. The van der Waals surface area contributed by atoms with E-state index in [1.165, 1.54) is 16.3 Å². The Morgan fingerprint density at radius 3 is 2.80 bits per heavy atom. The average Bonchev–Trinajstić information content (AvgIpc) is 2.57. The molecular weight excluding hydrogens is 252 g/mol. The van der Waals surface area contributed by atoms with Crippen LogP contribution >= 0.6 is 15.9 Å². The maximum atomic E-state index is 5.82. The molecule has 2 aromatic carbocycles. The van der Waals surface area contributed by atoms with Gasteiger partial charge in [0.1, 0.15) is 11.2 Å². The maximum Gasteiger partial charge on any atom is 0.149 e. The summed E-state index contributed by atoms with van der Waals surface area (Å²) < 4.78 is 6.83. The third-order valence-electron chi connectivity index (χ3n) is 2.61. The van der Waals surface area contributed by atoms with Crippen molar-refractivity contribution in [1.29, 1.82) is 0 Å². The molecule has 0 aliphatic rings. The molecule has 0 bridgehead atoms. The van der Waals surface area contributed by atoms with Gasteiger partial charge in [-0.3, -0.25) is 0 Å². The van der Waals surface area contributed by atoms with Crippen LogP contribution in [0.5, 0.6) is 0 Å². The second-order valence-electron chi connectivity index (χ2n) is 3.72. The van der Waals surface area contributed by atoms with Gasteiger partial charge in [-0.15, -0.1) is 0 Å². The third kappa shape index (κ3) is 1.29. The molecule has 3 rings (SSSR count). The van der Waals surface area contributed by atoms with Crippen molar-refractivity contribution in [1.82, 2.24) is 0 Å². The lowest BCUT2D eigenvalue weighted by molar-refractivity contribution is 0.666. The highest BCUT2D eigenvalue weighted by molar-refractivity contribution is 9.10. The number of fused-ring (bicyclic) bond motifs is 3. The van der Waals surface area contributed by atoms with Crippen molar-refractivity contribution in [3.8, 4) is 0 Å². The van der Waals surface area contributed by atoms with Gasteiger partial charge in [0, 0.05) is 10.8 Å². The van der Waals surface area contributed by atoms with Crippen LogP contribution in [0.4, 0.5) is 0 Å². The monoisotopic (exact) mass is 260 g/mol. The molecule has 3 aromatic rings. The quantitative estimate of drug-likeness (QED) is 0.573. The summed E-state index contributed by atoms with van der Waals surface area (Å²) in [5, 5.41) is 2.34. The number of furan rings is 1. The Balaban J connectivity index is 2.57. The van der Waals surface area contributed by atoms with Gasteiger partial charge in [-0.25, -0.2) is 0 Å². The van der Waals surface area contributed by atoms with Crippen LogP contribution in [0, 0.1) is 6.92 Å². The van der Waals surface area contributed by atoms with Crippen LogP contribution in [-0.4, -0.2) is 0 Å². The summed E-state index contributed by atoms with van der Waals surface area (Å²) >= 11 is 3.50. The van der Waals surface area contributed by atoms with Crippen molar-refractivity contribution in [2.24, 2.45) is 0 Å². The lowest BCUT2D eigenvalue weighted by Crippen LogP contribution is -1.69. The maximum absolute atomic E-state index is 5.82. The zero-order chi connectivity index (χ0) is 10.4. The van der Waals surface area contributed by atoms with E-state index in [1.54, 1.807) is 0 Å². The fraction of sp³-hybridized carbons (Fsp3) is 0.0769. The van der Waals surface area contributed by atoms with Crippen LogP contribution in [0.15, 0.2) is 45.3 Å². The SMILES string of the molecule is Cc1ccc2c(c1)oc1c(Br)cccc12. The molecule has 0 aliphatic heterocycles. The first-order valence-corrected chi connectivity index (χ1v) is 5.62. The van der Waals surface area contributed by atoms with Gasteiger partial charge in [0.05, 0.1) is 4.47 Å². The molecule has 1 nitrogen and oxygen atoms in total. The summed E-state index contributed by atoms with van der Waals surface area (Å²) in [6.07, 6.45) is 0. The number of para-hydroxylation sites is 1. The van der Waals surface area contributed by atoms with Gasteiger partial charge in [-0.05, 0) is 40.5 Å². The molecule has 0 spiro atoms. The highest BCUT2D eigenvalue weighted by Crippen LogP contribution is 2.33. The molecule has 0 atom stereocenters. The van der Waals surface area contributed by atoms with Crippen LogP contribution in [0.1, 0.15) is 5.56 Å². The Morgan fingerprint density at radius 1 is 1.07 bits per heavy atom. The highest BCUT2D eigenvalue weighted by Gasteiger charge is 2.08. The predicted octanol–water partition coefficient (Wildman–Crippen LogP) is 4.66. The summed E-state index contributed by atoms with van der Waals surface area (Å²) in [6, 6.07) is 12.4. The molecule has 0 N–H and O–H groups in total. The van der Waals surface area contributed by atoms with E-state index < -0.39 is 0 Å². The zero-order valence-electron chi connectivity index (χ0n) is 8.25. The van der Waals surface area contributed by atoms with Gasteiger partial charge >= 0.3 is 0 Å². The molecule has 0 saturated heterocycles. The Bertz CT molecular complexity index is 652. The number of halogens is 1. The Morgan fingerprint density at radius 2 is 1.93 bits per heavy atom. The summed E-state index contributed by atoms with van der Waals surface area (Å²) in [6.45, 7) is 2.07. The van der Waals surface area contributed by atoms with Crippen molar-refractivity contribution < 1.29 is 4.42 Å². The number of rotatable bonds is 0. The predicted molar refractivity (Wildman–Crippen MR) is 66.2 cm³/mol. The van der Waals surface area contributed by atoms with E-state index in [-0.39, 0.29) is 0 Å². The van der Waals surface area contributed by atoms with Gasteiger partial charge in [-0.1, -0.05) is 24.3 Å². The minimum atomic E-state index is 0.929. The second kappa shape index (κ2) is 3.11. The lowest BCUT2D eigenvalue weighted by atomic mass is 10.1. The van der Waals surface area contributed by atoms with Crippen LogP contribution in [0.25, 0.3) is 21.9 Å². The molecule has 0 unspecified atom stereocenters. The van der Waals surface area contributed by atoms with Crippen molar-refractivity contribution in [3.63, 3.8) is 0 Å². The van der Waals surface area contributed by atoms with Gasteiger partial charge < -0.3 is 4.42 Å². The molecule has 0 fully saturated rings. The fourth-order valence-electron chi connectivity index (χ4n) is 1.87. The van der Waals surface area contributed by atoms with Crippen molar-refractivity contribution in [3.05, 3.63) is 46.4 Å². The summed E-state index contributed by atoms with van der Waals surface area (Å²) in [5.41, 5.74) is 3.10. The normalized spacial score (nSPS) is 11.3. The second-order valence-corrected chi connectivity index (χ2v) is 4.57. The smallest absolute Gasteiger partial charge is 0.149 e. The fourth-order valence-corrected chi connectivity index (χ4v) is 2.32. The topological polar surface area (TPSA) is 13.1 Å². The van der Waals surface area contributed by atoms with E-state index in [2.05, 4.69) is 47.1 Å². The summed E-state index contributed by atoms with van der Waals surface area (Å²) in [7, 11) is 0. The first kappa shape index (κ1) is 8.98. The minimum absolute atomic E-state index is 0.929. The minimum Gasteiger partial charge on any atom is -0.455 e. The third-order valence-corrected chi connectivity index (χ3v) is 3.23. The molecule has 0 radical (unpaired) electrons. The molecule has 0 aliphatic carbocycles. The number of benzene rings is 2. The average molecular weight is 261 g/mol. The number of hydrogen-bond donors (Lipinski definition) is 0. The van der Waals surface area contributed by atoms with Crippen LogP contribution in [-0.2, 0) is 0 Å². The van der Waals surface area contributed by atoms with Gasteiger partial charge in [0.15, 0.2) is 0 Å². The molecule has 1 aromatic heterocycles. The summed E-state index contributed by atoms with van der Waals surface area (Å²) in [5.74, 6) is 0. The van der Waals surface area contributed by atoms with E-state index in [0.29, 0.717) is 0 Å². The lowest BCUT2D eigenvalue weighted by Gasteiger charge is -1.91. The molecule has 2 heteroatoms. The van der Waals surface area contributed by atoms with E-state index >= 15 is 0 Å². The molecule has 15 heavy (non-hydrogen) atoms. The number of hydrogen-bond acceptors (Lipinski definition) is 1. The van der Waals surface area contributed by atoms with Gasteiger partial charge in [-0.2, -0.15) is 0 Å². The summed E-state index contributed by atoms with van der Waals surface area (Å²) in [4.78, 5) is 0. The molecular formula is C13H9BrO. The Labute approximate surface area is 95.8 Å². The molecule has 0 saturated carbocycles. The van der Waals surface area contributed by atoms with E-state index in [0.717, 1.165) is 15.6 Å². The van der Waals surface area contributed by atoms with Crippen LogP contribution in [0.3, 0.4) is 0 Å². The van der Waals surface area contributed by atoms with Crippen molar-refractivity contribution in [2.75, 3.05) is 0 Å². The van der Waals surface area contributed by atoms with E-state index in [4.69, 9.17) is 4.42 Å². The Kier molecular flexibility index (Phi) is 1.86. The Hall–Kier alpha value is -1.28. The van der Waals surface area contributed by atoms with Crippen LogP contribution < -0.4 is 0 Å². The first-order chi connectivity index (χ1) is 7.25. The van der Waals surface area contributed by atoms with Gasteiger partial charge in [0.2, 0.25) is 0 Å². The van der Waals surface area contributed by atoms with E-state index in [9.17, 15) is 0 Å². The van der Waals surface area contributed by atoms with E-state index in [1.807, 2.05) is 12.1 Å². The largest absolute Gasteiger partial charge is 0.455 e. The standard InChI is InChI=1S/C13H9BrO/c1-8-5-6-9-10-3-2-4-11(14)13(10)15-12(9)7-8/h2-7H,1H3. The number of aryl methyl sites for hydroxylation is 1. The van der Waals surface area contributed by atoms with Crippen molar-refractivity contribution >= 4 is 37.9 Å². The van der Waals surface area contributed by atoms with Crippen LogP contribution in [0.2, 0.25) is 0 Å². The zero-order valence-corrected chi connectivity index (χ0v) is 9.84. The highest BCUT2D eigenvalue weighted by atomic mass is 79.9.